The number of rotatable bonds is 4. The van der Waals surface area contributed by atoms with Crippen LogP contribution in [0.15, 0.2) is 12.7 Å². The summed E-state index contributed by atoms with van der Waals surface area (Å²) in [6.45, 7) is 10.8. The van der Waals surface area contributed by atoms with E-state index in [1.165, 1.54) is 0 Å². The molecular weight excluding hydrogens is 202 g/mol. The molecule has 0 bridgehead atoms. The first kappa shape index (κ1) is 11.6. The maximum atomic E-state index is 11.7. The van der Waals surface area contributed by atoms with E-state index in [1.807, 2.05) is 11.0 Å². The Morgan fingerprint density at radius 1 is 1.44 bits per heavy atom. The summed E-state index contributed by atoms with van der Waals surface area (Å²) in [5.41, 5.74) is 0. The number of nitrogens with one attached hydrogen (secondary N) is 1. The summed E-state index contributed by atoms with van der Waals surface area (Å²) in [5, 5.41) is 3.35. The monoisotopic (exact) mass is 223 g/mol. The van der Waals surface area contributed by atoms with E-state index in [0.29, 0.717) is 18.4 Å². The average Bonchev–Trinajstić information content (AvgIpc) is 2.61. The fourth-order valence-corrected chi connectivity index (χ4v) is 2.57. The van der Waals surface area contributed by atoms with Crippen LogP contribution in [0.1, 0.15) is 6.42 Å². The van der Waals surface area contributed by atoms with E-state index in [2.05, 4.69) is 16.8 Å². The van der Waals surface area contributed by atoms with Crippen LogP contribution in [0.2, 0.25) is 0 Å². The predicted molar refractivity (Wildman–Crippen MR) is 64.2 cm³/mol. The van der Waals surface area contributed by atoms with Gasteiger partial charge in [0.15, 0.2) is 0 Å². The molecule has 0 aliphatic carbocycles. The van der Waals surface area contributed by atoms with E-state index >= 15 is 0 Å². The van der Waals surface area contributed by atoms with Gasteiger partial charge in [-0.15, -0.1) is 6.58 Å². The molecule has 2 heterocycles. The predicted octanol–water partition coefficient (Wildman–Crippen LogP) is -0.0739. The van der Waals surface area contributed by atoms with Gasteiger partial charge in [-0.05, 0) is 5.92 Å². The Morgan fingerprint density at radius 2 is 2.19 bits per heavy atom. The number of piperazine rings is 1. The zero-order valence-electron chi connectivity index (χ0n) is 9.82. The lowest BCUT2D eigenvalue weighted by Gasteiger charge is -2.29. The third kappa shape index (κ3) is 2.83. The van der Waals surface area contributed by atoms with Crippen molar-refractivity contribution in [3.05, 3.63) is 12.7 Å². The van der Waals surface area contributed by atoms with Crippen LogP contribution < -0.4 is 5.32 Å². The highest BCUT2D eigenvalue weighted by Gasteiger charge is 2.29. The summed E-state index contributed by atoms with van der Waals surface area (Å²) in [4.78, 5) is 16.0. The number of hydrogen-bond donors (Lipinski definition) is 1. The van der Waals surface area contributed by atoms with Crippen LogP contribution in [0, 0.1) is 5.92 Å². The second kappa shape index (κ2) is 5.46. The topological polar surface area (TPSA) is 35.6 Å². The molecule has 16 heavy (non-hydrogen) atoms. The summed E-state index contributed by atoms with van der Waals surface area (Å²) in [6.07, 6.45) is 2.53. The molecule has 2 aliphatic rings. The van der Waals surface area contributed by atoms with Gasteiger partial charge in [-0.25, -0.2) is 0 Å². The van der Waals surface area contributed by atoms with Crippen molar-refractivity contribution in [3.8, 4) is 0 Å². The van der Waals surface area contributed by atoms with Crippen molar-refractivity contribution >= 4 is 5.91 Å². The fraction of sp³-hybridized carbons (Fsp3) is 0.750. The molecule has 2 fully saturated rings. The van der Waals surface area contributed by atoms with Crippen LogP contribution in [0.4, 0.5) is 0 Å². The Hall–Kier alpha value is -0.870. The Bertz CT molecular complexity index is 261. The van der Waals surface area contributed by atoms with Crippen molar-refractivity contribution in [2.45, 2.75) is 6.42 Å². The molecule has 1 N–H and O–H groups in total. The minimum absolute atomic E-state index is 0.292. The Labute approximate surface area is 97.3 Å². The normalized spacial score (nSPS) is 27.4. The van der Waals surface area contributed by atoms with E-state index in [1.54, 1.807) is 0 Å². The van der Waals surface area contributed by atoms with Gasteiger partial charge in [-0.1, -0.05) is 6.08 Å². The lowest BCUT2D eigenvalue weighted by atomic mass is 10.1. The highest BCUT2D eigenvalue weighted by atomic mass is 16.2. The Balaban J connectivity index is 1.78. The van der Waals surface area contributed by atoms with Gasteiger partial charge in [0.05, 0.1) is 0 Å². The van der Waals surface area contributed by atoms with Gasteiger partial charge in [-0.3, -0.25) is 4.79 Å². The number of nitrogens with zero attached hydrogens (tertiary/aromatic N) is 2. The summed E-state index contributed by atoms with van der Waals surface area (Å²) in [7, 11) is 0. The third-order valence-electron chi connectivity index (χ3n) is 3.37. The highest BCUT2D eigenvalue weighted by Crippen LogP contribution is 2.18. The first-order chi connectivity index (χ1) is 7.79. The Morgan fingerprint density at radius 3 is 2.88 bits per heavy atom. The molecule has 0 aromatic rings. The lowest BCUT2D eigenvalue weighted by molar-refractivity contribution is -0.127. The van der Waals surface area contributed by atoms with Crippen molar-refractivity contribution in [3.63, 3.8) is 0 Å². The largest absolute Gasteiger partial charge is 0.339 e. The molecule has 2 rings (SSSR count). The maximum absolute atomic E-state index is 11.7. The molecule has 1 unspecified atom stereocenters. The summed E-state index contributed by atoms with van der Waals surface area (Å²) < 4.78 is 0. The standard InChI is InChI=1S/C12H21N3O/c1-2-5-15-10-11(8-12(15)16)9-14-6-3-13-4-7-14/h2,11,13H,1,3-10H2. The minimum Gasteiger partial charge on any atom is -0.339 e. The Kier molecular flexibility index (Phi) is 3.96. The van der Waals surface area contributed by atoms with Gasteiger partial charge in [0.25, 0.3) is 0 Å². The van der Waals surface area contributed by atoms with Gasteiger partial charge in [0.1, 0.15) is 0 Å². The zero-order valence-corrected chi connectivity index (χ0v) is 9.82. The first-order valence-electron chi connectivity index (χ1n) is 6.11. The lowest BCUT2D eigenvalue weighted by Crippen LogP contribution is -2.45. The molecule has 2 aliphatic heterocycles. The van der Waals surface area contributed by atoms with Crippen molar-refractivity contribution in [2.24, 2.45) is 5.92 Å². The van der Waals surface area contributed by atoms with Gasteiger partial charge in [0.2, 0.25) is 5.91 Å². The highest BCUT2D eigenvalue weighted by molar-refractivity contribution is 5.78. The SMILES string of the molecule is C=CCN1CC(CN2CCNCC2)CC1=O. The number of likely N-dealkylation sites (tertiary alicyclic amines) is 1. The molecule has 1 atom stereocenters. The van der Waals surface area contributed by atoms with Gasteiger partial charge < -0.3 is 15.1 Å². The molecule has 1 amide bonds. The van der Waals surface area contributed by atoms with Crippen molar-refractivity contribution in [1.82, 2.24) is 15.1 Å². The van der Waals surface area contributed by atoms with Crippen LogP contribution in [0.25, 0.3) is 0 Å². The molecule has 0 saturated carbocycles. The zero-order chi connectivity index (χ0) is 11.4. The number of amides is 1. The van der Waals surface area contributed by atoms with Gasteiger partial charge >= 0.3 is 0 Å². The van der Waals surface area contributed by atoms with Crippen molar-refractivity contribution in [1.29, 1.82) is 0 Å². The van der Waals surface area contributed by atoms with Crippen LogP contribution in [-0.2, 0) is 4.79 Å². The first-order valence-corrected chi connectivity index (χ1v) is 6.11. The second-order valence-electron chi connectivity index (χ2n) is 4.71. The van der Waals surface area contributed by atoms with Crippen molar-refractivity contribution in [2.75, 3.05) is 45.8 Å². The van der Waals surface area contributed by atoms with E-state index < -0.39 is 0 Å². The third-order valence-corrected chi connectivity index (χ3v) is 3.37. The van der Waals surface area contributed by atoms with E-state index in [0.717, 1.165) is 45.7 Å². The molecule has 4 nitrogen and oxygen atoms in total. The average molecular weight is 223 g/mol. The molecule has 0 aromatic heterocycles. The fourth-order valence-electron chi connectivity index (χ4n) is 2.57. The van der Waals surface area contributed by atoms with E-state index in [9.17, 15) is 4.79 Å². The maximum Gasteiger partial charge on any atom is 0.223 e. The second-order valence-corrected chi connectivity index (χ2v) is 4.71. The molecule has 4 heteroatoms. The van der Waals surface area contributed by atoms with Crippen LogP contribution >= 0.6 is 0 Å². The molecule has 2 saturated heterocycles. The van der Waals surface area contributed by atoms with E-state index in [4.69, 9.17) is 0 Å². The quantitative estimate of drug-likeness (QED) is 0.678. The van der Waals surface area contributed by atoms with Gasteiger partial charge in [0, 0.05) is 52.2 Å². The number of hydrogen-bond acceptors (Lipinski definition) is 3. The smallest absolute Gasteiger partial charge is 0.223 e. The summed E-state index contributed by atoms with van der Waals surface area (Å²) in [6, 6.07) is 0. The van der Waals surface area contributed by atoms with Gasteiger partial charge in [-0.2, -0.15) is 0 Å². The van der Waals surface area contributed by atoms with E-state index in [-0.39, 0.29) is 0 Å². The summed E-state index contributed by atoms with van der Waals surface area (Å²) in [5.74, 6) is 0.811. The number of carbonyl (C=O) groups is 1. The van der Waals surface area contributed by atoms with Crippen molar-refractivity contribution < 1.29 is 4.79 Å². The molecular formula is C12H21N3O. The molecule has 0 spiro atoms. The summed E-state index contributed by atoms with van der Waals surface area (Å²) >= 11 is 0. The van der Waals surface area contributed by atoms with Crippen LogP contribution in [0.5, 0.6) is 0 Å². The molecule has 0 aromatic carbocycles. The molecule has 90 valence electrons. The van der Waals surface area contributed by atoms with Crippen LogP contribution in [-0.4, -0.2) is 61.5 Å². The minimum atomic E-state index is 0.292. The number of carbonyl (C=O) groups excluding carboxylic acids is 1. The van der Waals surface area contributed by atoms with Crippen LogP contribution in [0.3, 0.4) is 0 Å². The molecule has 0 radical (unpaired) electrons.